The molecule has 176 valence electrons. The molecule has 33 heavy (non-hydrogen) atoms. The summed E-state index contributed by atoms with van der Waals surface area (Å²) in [6.07, 6.45) is 2.07. The second kappa shape index (κ2) is 12.7. The van der Waals surface area contributed by atoms with E-state index in [4.69, 9.17) is 14.2 Å². The molecule has 2 rings (SSSR count). The van der Waals surface area contributed by atoms with E-state index in [-0.39, 0.29) is 18.6 Å². The highest BCUT2D eigenvalue weighted by atomic mass is 16.5. The molecule has 0 saturated heterocycles. The largest absolute Gasteiger partial charge is 0.497 e. The van der Waals surface area contributed by atoms with Crippen molar-refractivity contribution in [1.82, 2.24) is 10.7 Å². The first kappa shape index (κ1) is 25.2. The number of rotatable bonds is 10. The van der Waals surface area contributed by atoms with Crippen LogP contribution in [0.2, 0.25) is 0 Å². The Hall–Kier alpha value is -4.08. The van der Waals surface area contributed by atoms with Gasteiger partial charge in [-0.25, -0.2) is 5.43 Å². The summed E-state index contributed by atoms with van der Waals surface area (Å²) in [6.45, 7) is 3.47. The Labute approximate surface area is 192 Å². The molecule has 2 aromatic carbocycles. The van der Waals surface area contributed by atoms with Crippen LogP contribution in [0.25, 0.3) is 0 Å². The highest BCUT2D eigenvalue weighted by Gasteiger charge is 2.14. The van der Waals surface area contributed by atoms with Crippen LogP contribution < -0.4 is 30.3 Å². The zero-order valence-electron chi connectivity index (χ0n) is 19.0. The summed E-state index contributed by atoms with van der Waals surface area (Å²) in [6, 6.07) is 11.7. The van der Waals surface area contributed by atoms with Crippen molar-refractivity contribution >= 4 is 29.6 Å². The molecule has 3 N–H and O–H groups in total. The molecule has 0 radical (unpaired) electrons. The Kier molecular flexibility index (Phi) is 9.69. The molecule has 0 aliphatic carbocycles. The lowest BCUT2D eigenvalue weighted by atomic mass is 10.2. The van der Waals surface area contributed by atoms with Crippen molar-refractivity contribution in [1.29, 1.82) is 0 Å². The van der Waals surface area contributed by atoms with Crippen LogP contribution in [0.3, 0.4) is 0 Å². The minimum atomic E-state index is -0.860. The molecule has 0 fully saturated rings. The summed E-state index contributed by atoms with van der Waals surface area (Å²) in [5.74, 6) is -0.539. The summed E-state index contributed by atoms with van der Waals surface area (Å²) in [4.78, 5) is 35.6. The SMILES string of the molecule is CC[C@@H](C)NC(=O)C(=O)N/N=C\c1ccc(OCC(=O)Nc2ccc(OC)cc2)c(OC)c1. The number of anilines is 1. The Bertz CT molecular complexity index is 991. The number of carbonyl (C=O) groups excluding carboxylic acids is 3. The van der Waals surface area contributed by atoms with E-state index in [1.807, 2.05) is 6.92 Å². The summed E-state index contributed by atoms with van der Waals surface area (Å²) < 4.78 is 15.9. The smallest absolute Gasteiger partial charge is 0.329 e. The van der Waals surface area contributed by atoms with Crippen LogP contribution in [0.1, 0.15) is 25.8 Å². The van der Waals surface area contributed by atoms with Gasteiger partial charge < -0.3 is 24.8 Å². The van der Waals surface area contributed by atoms with Crippen LogP contribution in [0, 0.1) is 0 Å². The molecule has 2 aromatic rings. The van der Waals surface area contributed by atoms with Gasteiger partial charge in [-0.3, -0.25) is 14.4 Å². The molecule has 0 spiro atoms. The van der Waals surface area contributed by atoms with Gasteiger partial charge in [0.25, 0.3) is 5.91 Å². The van der Waals surface area contributed by atoms with E-state index in [0.29, 0.717) is 34.9 Å². The van der Waals surface area contributed by atoms with Crippen LogP contribution in [0.15, 0.2) is 47.6 Å². The fourth-order valence-corrected chi connectivity index (χ4v) is 2.51. The van der Waals surface area contributed by atoms with Crippen LogP contribution in [-0.4, -0.2) is 50.8 Å². The van der Waals surface area contributed by atoms with E-state index in [2.05, 4.69) is 21.2 Å². The van der Waals surface area contributed by atoms with E-state index in [0.717, 1.165) is 0 Å². The van der Waals surface area contributed by atoms with E-state index in [1.165, 1.54) is 13.3 Å². The third kappa shape index (κ3) is 8.17. The van der Waals surface area contributed by atoms with Crippen LogP contribution in [0.4, 0.5) is 5.69 Å². The van der Waals surface area contributed by atoms with E-state index in [9.17, 15) is 14.4 Å². The Morgan fingerprint density at radius 3 is 2.36 bits per heavy atom. The number of hydrazone groups is 1. The van der Waals surface area contributed by atoms with Crippen molar-refractivity contribution in [2.45, 2.75) is 26.3 Å². The quantitative estimate of drug-likeness (QED) is 0.285. The monoisotopic (exact) mass is 456 g/mol. The zero-order valence-corrected chi connectivity index (χ0v) is 19.0. The zero-order chi connectivity index (χ0) is 24.2. The lowest BCUT2D eigenvalue weighted by Crippen LogP contribution is -2.41. The maximum atomic E-state index is 12.2. The van der Waals surface area contributed by atoms with E-state index < -0.39 is 11.8 Å². The molecular formula is C23H28N4O6. The highest BCUT2D eigenvalue weighted by molar-refractivity contribution is 6.35. The van der Waals surface area contributed by atoms with Crippen LogP contribution in [0.5, 0.6) is 17.2 Å². The van der Waals surface area contributed by atoms with Gasteiger partial charge in [0.05, 0.1) is 20.4 Å². The summed E-state index contributed by atoms with van der Waals surface area (Å²) in [5, 5.41) is 9.05. The summed E-state index contributed by atoms with van der Waals surface area (Å²) in [5.41, 5.74) is 3.37. The van der Waals surface area contributed by atoms with Crippen molar-refractivity contribution < 1.29 is 28.6 Å². The summed E-state index contributed by atoms with van der Waals surface area (Å²) >= 11 is 0. The third-order valence-electron chi connectivity index (χ3n) is 4.50. The van der Waals surface area contributed by atoms with Crippen molar-refractivity contribution in [3.63, 3.8) is 0 Å². The van der Waals surface area contributed by atoms with Gasteiger partial charge in [0.15, 0.2) is 18.1 Å². The van der Waals surface area contributed by atoms with Crippen molar-refractivity contribution in [3.05, 3.63) is 48.0 Å². The molecule has 0 bridgehead atoms. The first-order valence-corrected chi connectivity index (χ1v) is 10.2. The second-order valence-electron chi connectivity index (χ2n) is 6.96. The predicted molar refractivity (Wildman–Crippen MR) is 124 cm³/mol. The van der Waals surface area contributed by atoms with Gasteiger partial charge in [-0.05, 0) is 61.4 Å². The average Bonchev–Trinajstić information content (AvgIpc) is 2.83. The molecule has 0 aliphatic heterocycles. The molecule has 0 aromatic heterocycles. The molecule has 10 nitrogen and oxygen atoms in total. The number of benzene rings is 2. The van der Waals surface area contributed by atoms with E-state index >= 15 is 0 Å². The van der Waals surface area contributed by atoms with Gasteiger partial charge in [-0.1, -0.05) is 6.92 Å². The highest BCUT2D eigenvalue weighted by Crippen LogP contribution is 2.27. The van der Waals surface area contributed by atoms with Crippen molar-refractivity contribution in [2.24, 2.45) is 5.10 Å². The Morgan fingerprint density at radius 1 is 1.00 bits per heavy atom. The number of nitrogens with one attached hydrogen (secondary N) is 3. The van der Waals surface area contributed by atoms with Crippen LogP contribution in [-0.2, 0) is 14.4 Å². The van der Waals surface area contributed by atoms with Gasteiger partial charge in [0.2, 0.25) is 0 Å². The topological polar surface area (TPSA) is 127 Å². The fraction of sp³-hybridized carbons (Fsp3) is 0.304. The molecule has 0 saturated carbocycles. The lowest BCUT2D eigenvalue weighted by Gasteiger charge is -2.12. The molecular weight excluding hydrogens is 428 g/mol. The maximum absolute atomic E-state index is 12.2. The van der Waals surface area contributed by atoms with E-state index in [1.54, 1.807) is 56.5 Å². The van der Waals surface area contributed by atoms with Crippen molar-refractivity contribution in [3.8, 4) is 17.2 Å². The van der Waals surface area contributed by atoms with Gasteiger partial charge in [-0.2, -0.15) is 5.10 Å². The first-order chi connectivity index (χ1) is 15.9. The first-order valence-electron chi connectivity index (χ1n) is 10.2. The predicted octanol–water partition coefficient (Wildman–Crippen LogP) is 2.09. The number of hydrogen-bond donors (Lipinski definition) is 3. The Balaban J connectivity index is 1.90. The minimum Gasteiger partial charge on any atom is -0.497 e. The van der Waals surface area contributed by atoms with Gasteiger partial charge >= 0.3 is 11.8 Å². The number of hydrogen-bond acceptors (Lipinski definition) is 7. The van der Waals surface area contributed by atoms with Gasteiger partial charge in [0, 0.05) is 11.7 Å². The third-order valence-corrected chi connectivity index (χ3v) is 4.50. The van der Waals surface area contributed by atoms with Crippen LogP contribution >= 0.6 is 0 Å². The Morgan fingerprint density at radius 2 is 1.73 bits per heavy atom. The molecule has 3 amide bonds. The number of amides is 3. The van der Waals surface area contributed by atoms with Gasteiger partial charge in [0.1, 0.15) is 5.75 Å². The maximum Gasteiger partial charge on any atom is 0.329 e. The fourth-order valence-electron chi connectivity index (χ4n) is 2.51. The number of methoxy groups -OCH3 is 2. The lowest BCUT2D eigenvalue weighted by molar-refractivity contribution is -0.139. The average molecular weight is 456 g/mol. The summed E-state index contributed by atoms with van der Waals surface area (Å²) in [7, 11) is 3.02. The minimum absolute atomic E-state index is 0.109. The molecule has 0 aliphatic rings. The second-order valence-corrected chi connectivity index (χ2v) is 6.96. The van der Waals surface area contributed by atoms with Gasteiger partial charge in [-0.15, -0.1) is 0 Å². The molecule has 1 atom stereocenters. The number of ether oxygens (including phenoxy) is 3. The number of nitrogens with zero attached hydrogens (tertiary/aromatic N) is 1. The number of carbonyl (C=O) groups is 3. The molecule has 10 heteroatoms. The van der Waals surface area contributed by atoms with Crippen molar-refractivity contribution in [2.75, 3.05) is 26.1 Å². The molecule has 0 unspecified atom stereocenters. The normalized spacial score (nSPS) is 11.4. The molecule has 0 heterocycles. The standard InChI is InChI=1S/C23H28N4O6/c1-5-15(2)25-22(29)23(30)27-24-13-16-6-11-19(20(12-16)32-4)33-14-21(28)26-17-7-9-18(31-3)10-8-17/h6-13,15H,5,14H2,1-4H3,(H,25,29)(H,26,28)(H,27,30)/b24-13-/t15-/m1/s1.